The topological polar surface area (TPSA) is 95.5 Å². The number of aliphatic carboxylic acids is 1. The minimum Gasteiger partial charge on any atom is -0.481 e. The number of hydrazine groups is 1. The van der Waals surface area contributed by atoms with Crippen molar-refractivity contribution in [2.24, 2.45) is 0 Å². The number of amides is 2. The Morgan fingerprint density at radius 1 is 1.00 bits per heavy atom. The Morgan fingerprint density at radius 2 is 1.58 bits per heavy atom. The molecule has 0 aliphatic heterocycles. The standard InChI is InChI=1S/C12H13ClN2O4/c13-9-3-1-8(2-4-9)7-11(17)15-14-10(16)5-6-12(18)19/h1-4H,5-7H2,(H,14,16)(H,15,17)(H,18,19). The predicted octanol–water partition coefficient (Wildman–Crippen LogP) is 0.895. The maximum atomic E-state index is 11.5. The van der Waals surface area contributed by atoms with Crippen LogP contribution in [0.1, 0.15) is 18.4 Å². The first-order valence-electron chi connectivity index (χ1n) is 5.51. The van der Waals surface area contributed by atoms with Gasteiger partial charge in [-0.25, -0.2) is 0 Å². The van der Waals surface area contributed by atoms with E-state index >= 15 is 0 Å². The number of benzene rings is 1. The fourth-order valence-electron chi connectivity index (χ4n) is 1.25. The molecule has 0 unspecified atom stereocenters. The lowest BCUT2D eigenvalue weighted by atomic mass is 10.1. The maximum absolute atomic E-state index is 11.5. The van der Waals surface area contributed by atoms with Gasteiger partial charge in [0, 0.05) is 11.4 Å². The fraction of sp³-hybridized carbons (Fsp3) is 0.250. The second-order valence-electron chi connectivity index (χ2n) is 3.79. The van der Waals surface area contributed by atoms with Gasteiger partial charge in [-0.1, -0.05) is 23.7 Å². The number of carboxylic acids is 1. The van der Waals surface area contributed by atoms with Crippen LogP contribution in [0.25, 0.3) is 0 Å². The number of halogens is 1. The van der Waals surface area contributed by atoms with E-state index < -0.39 is 17.8 Å². The van der Waals surface area contributed by atoms with Crippen molar-refractivity contribution >= 4 is 29.4 Å². The Morgan fingerprint density at radius 3 is 2.16 bits per heavy atom. The van der Waals surface area contributed by atoms with Gasteiger partial charge in [0.1, 0.15) is 0 Å². The summed E-state index contributed by atoms with van der Waals surface area (Å²) in [7, 11) is 0. The molecule has 7 heteroatoms. The summed E-state index contributed by atoms with van der Waals surface area (Å²) in [6.45, 7) is 0. The molecular formula is C12H13ClN2O4. The number of rotatable bonds is 5. The van der Waals surface area contributed by atoms with Gasteiger partial charge in [0.05, 0.1) is 12.8 Å². The highest BCUT2D eigenvalue weighted by Gasteiger charge is 2.07. The van der Waals surface area contributed by atoms with Gasteiger partial charge in [-0.2, -0.15) is 0 Å². The number of carbonyl (C=O) groups is 3. The zero-order valence-electron chi connectivity index (χ0n) is 9.98. The van der Waals surface area contributed by atoms with Gasteiger partial charge in [-0.05, 0) is 17.7 Å². The molecule has 0 heterocycles. The summed E-state index contributed by atoms with van der Waals surface area (Å²) in [6, 6.07) is 6.73. The average molecular weight is 285 g/mol. The summed E-state index contributed by atoms with van der Waals surface area (Å²) >= 11 is 5.71. The Kier molecular flexibility index (Phi) is 5.81. The van der Waals surface area contributed by atoms with Crippen molar-refractivity contribution in [2.45, 2.75) is 19.3 Å². The van der Waals surface area contributed by atoms with E-state index in [4.69, 9.17) is 16.7 Å². The van der Waals surface area contributed by atoms with Gasteiger partial charge in [0.25, 0.3) is 0 Å². The molecular weight excluding hydrogens is 272 g/mol. The van der Waals surface area contributed by atoms with Crippen molar-refractivity contribution in [1.29, 1.82) is 0 Å². The van der Waals surface area contributed by atoms with E-state index in [2.05, 4.69) is 10.9 Å². The van der Waals surface area contributed by atoms with Crippen LogP contribution in [0.3, 0.4) is 0 Å². The summed E-state index contributed by atoms with van der Waals surface area (Å²) < 4.78 is 0. The fourth-order valence-corrected chi connectivity index (χ4v) is 1.38. The minimum atomic E-state index is -1.07. The molecule has 3 N–H and O–H groups in total. The minimum absolute atomic E-state index is 0.0936. The van der Waals surface area contributed by atoms with Crippen molar-refractivity contribution in [3.8, 4) is 0 Å². The molecule has 0 aliphatic rings. The second-order valence-corrected chi connectivity index (χ2v) is 4.23. The van der Waals surface area contributed by atoms with E-state index in [1.165, 1.54) is 0 Å². The highest BCUT2D eigenvalue weighted by Crippen LogP contribution is 2.09. The van der Waals surface area contributed by atoms with Crippen molar-refractivity contribution < 1.29 is 19.5 Å². The first-order chi connectivity index (χ1) is 8.97. The molecule has 0 aliphatic carbocycles. The Labute approximate surface area is 114 Å². The van der Waals surface area contributed by atoms with E-state index in [1.807, 2.05) is 0 Å². The third kappa shape index (κ3) is 6.42. The zero-order valence-corrected chi connectivity index (χ0v) is 10.7. The highest BCUT2D eigenvalue weighted by molar-refractivity contribution is 6.30. The third-order valence-corrected chi connectivity index (χ3v) is 2.44. The molecule has 1 aromatic rings. The molecule has 19 heavy (non-hydrogen) atoms. The number of hydrogen-bond donors (Lipinski definition) is 3. The number of carbonyl (C=O) groups excluding carboxylic acids is 2. The van der Waals surface area contributed by atoms with Crippen LogP contribution in [0, 0.1) is 0 Å². The number of hydrogen-bond acceptors (Lipinski definition) is 3. The molecule has 6 nitrogen and oxygen atoms in total. The molecule has 0 saturated heterocycles. The Balaban J connectivity index is 2.29. The monoisotopic (exact) mass is 284 g/mol. The Bertz CT molecular complexity index is 473. The zero-order chi connectivity index (χ0) is 14.3. The normalized spacial score (nSPS) is 9.74. The van der Waals surface area contributed by atoms with Crippen LogP contribution in [0.15, 0.2) is 24.3 Å². The lowest BCUT2D eigenvalue weighted by molar-refractivity contribution is -0.139. The van der Waals surface area contributed by atoms with Gasteiger partial charge in [0.15, 0.2) is 0 Å². The first kappa shape index (κ1) is 15.0. The van der Waals surface area contributed by atoms with Crippen LogP contribution in [0.5, 0.6) is 0 Å². The molecule has 0 atom stereocenters. The smallest absolute Gasteiger partial charge is 0.303 e. The summed E-state index contributed by atoms with van der Waals surface area (Å²) in [5.74, 6) is -2.01. The molecule has 0 saturated carbocycles. The molecule has 0 bridgehead atoms. The third-order valence-electron chi connectivity index (χ3n) is 2.19. The lowest BCUT2D eigenvalue weighted by Crippen LogP contribution is -2.42. The largest absolute Gasteiger partial charge is 0.481 e. The summed E-state index contributed by atoms with van der Waals surface area (Å²) in [5, 5.41) is 8.95. The van der Waals surface area contributed by atoms with Crippen LogP contribution < -0.4 is 10.9 Å². The predicted molar refractivity (Wildman–Crippen MR) is 68.3 cm³/mol. The van der Waals surface area contributed by atoms with Crippen LogP contribution >= 0.6 is 11.6 Å². The second kappa shape index (κ2) is 7.38. The van der Waals surface area contributed by atoms with Crippen molar-refractivity contribution in [3.63, 3.8) is 0 Å². The first-order valence-corrected chi connectivity index (χ1v) is 5.89. The molecule has 1 rings (SSSR count). The van der Waals surface area contributed by atoms with Gasteiger partial charge in [-0.15, -0.1) is 0 Å². The van der Waals surface area contributed by atoms with Gasteiger partial charge < -0.3 is 5.11 Å². The van der Waals surface area contributed by atoms with Crippen LogP contribution in [0.4, 0.5) is 0 Å². The van der Waals surface area contributed by atoms with Crippen LogP contribution in [-0.2, 0) is 20.8 Å². The van der Waals surface area contributed by atoms with E-state index in [9.17, 15) is 14.4 Å². The SMILES string of the molecule is O=C(O)CCC(=O)NNC(=O)Cc1ccc(Cl)cc1. The maximum Gasteiger partial charge on any atom is 0.303 e. The van der Waals surface area contributed by atoms with Gasteiger partial charge >= 0.3 is 5.97 Å². The Hall–Kier alpha value is -2.08. The molecule has 2 amide bonds. The van der Waals surface area contributed by atoms with E-state index in [0.717, 1.165) is 5.56 Å². The van der Waals surface area contributed by atoms with Crippen LogP contribution in [0.2, 0.25) is 5.02 Å². The molecule has 1 aromatic carbocycles. The lowest BCUT2D eigenvalue weighted by Gasteiger charge is -2.06. The molecule has 0 aromatic heterocycles. The summed E-state index contributed by atoms with van der Waals surface area (Å²) in [4.78, 5) is 32.8. The molecule has 102 valence electrons. The average Bonchev–Trinajstić information content (AvgIpc) is 2.36. The number of nitrogens with one attached hydrogen (secondary N) is 2. The van der Waals surface area contributed by atoms with Crippen molar-refractivity contribution in [3.05, 3.63) is 34.9 Å². The van der Waals surface area contributed by atoms with Crippen LogP contribution in [-0.4, -0.2) is 22.9 Å². The van der Waals surface area contributed by atoms with Crippen molar-refractivity contribution in [2.75, 3.05) is 0 Å². The molecule has 0 spiro atoms. The highest BCUT2D eigenvalue weighted by atomic mass is 35.5. The van der Waals surface area contributed by atoms with Gasteiger partial charge in [0.2, 0.25) is 11.8 Å². The van der Waals surface area contributed by atoms with Crippen molar-refractivity contribution in [1.82, 2.24) is 10.9 Å². The molecule has 0 fully saturated rings. The number of carboxylic acid groups (broad SMARTS) is 1. The summed E-state index contributed by atoms with van der Waals surface area (Å²) in [5.41, 5.74) is 5.10. The van der Waals surface area contributed by atoms with E-state index in [0.29, 0.717) is 5.02 Å². The quantitative estimate of drug-likeness (QED) is 0.700. The summed E-state index contributed by atoms with van der Waals surface area (Å²) in [6.07, 6.45) is -0.369. The molecule has 0 radical (unpaired) electrons. The van der Waals surface area contributed by atoms with E-state index in [-0.39, 0.29) is 19.3 Å². The van der Waals surface area contributed by atoms with E-state index in [1.54, 1.807) is 24.3 Å². The van der Waals surface area contributed by atoms with Gasteiger partial charge in [-0.3, -0.25) is 25.2 Å².